The van der Waals surface area contributed by atoms with Gasteiger partial charge in [0.25, 0.3) is 5.91 Å². The molecular weight excluding hydrogens is 250 g/mol. The summed E-state index contributed by atoms with van der Waals surface area (Å²) in [6, 6.07) is 0.390. The van der Waals surface area contributed by atoms with Crippen LogP contribution in [0.4, 0.5) is 0 Å². The van der Waals surface area contributed by atoms with E-state index in [0.29, 0.717) is 24.4 Å². The van der Waals surface area contributed by atoms with Crippen LogP contribution in [0.15, 0.2) is 0 Å². The van der Waals surface area contributed by atoms with E-state index in [2.05, 4.69) is 6.92 Å². The van der Waals surface area contributed by atoms with Crippen LogP contribution in [-0.4, -0.2) is 42.0 Å². The number of hydrogen-bond donors (Lipinski definition) is 0. The van der Waals surface area contributed by atoms with E-state index in [1.807, 2.05) is 4.90 Å². The minimum atomic E-state index is -0.227. The molecule has 4 heteroatoms. The van der Waals surface area contributed by atoms with Crippen LogP contribution < -0.4 is 0 Å². The Morgan fingerprint density at radius 3 is 2.56 bits per heavy atom. The lowest BCUT2D eigenvalue weighted by Gasteiger charge is -2.36. The Bertz CT molecular complexity index is 279. The quantitative estimate of drug-likeness (QED) is 0.737. The lowest BCUT2D eigenvalue weighted by molar-refractivity contribution is -0.145. The minimum absolute atomic E-state index is 0.174. The van der Waals surface area contributed by atoms with Gasteiger partial charge in [0, 0.05) is 25.1 Å². The average molecular weight is 274 g/mol. The zero-order valence-electron chi connectivity index (χ0n) is 11.2. The molecule has 2 fully saturated rings. The summed E-state index contributed by atoms with van der Waals surface area (Å²) in [6.07, 6.45) is 6.80. The summed E-state index contributed by atoms with van der Waals surface area (Å²) < 4.78 is 5.61. The Labute approximate surface area is 115 Å². The zero-order valence-corrected chi connectivity index (χ0v) is 12.0. The summed E-state index contributed by atoms with van der Waals surface area (Å²) in [4.78, 5) is 14.6. The summed E-state index contributed by atoms with van der Waals surface area (Å²) in [5.41, 5.74) is 0. The van der Waals surface area contributed by atoms with E-state index in [1.165, 1.54) is 19.3 Å². The summed E-state index contributed by atoms with van der Waals surface area (Å²) in [6.45, 7) is 3.49. The molecule has 3 nitrogen and oxygen atoms in total. The maximum atomic E-state index is 12.6. The Kier molecular flexibility index (Phi) is 5.31. The molecule has 1 heterocycles. The largest absolute Gasteiger partial charge is 0.368 e. The van der Waals surface area contributed by atoms with Gasteiger partial charge < -0.3 is 9.64 Å². The number of ether oxygens (including phenoxy) is 1. The molecule has 0 N–H and O–H groups in total. The highest BCUT2D eigenvalue weighted by molar-refractivity contribution is 6.18. The highest BCUT2D eigenvalue weighted by Crippen LogP contribution is 2.27. The van der Waals surface area contributed by atoms with Gasteiger partial charge in [0.15, 0.2) is 0 Å². The fraction of sp³-hybridized carbons (Fsp3) is 0.929. The van der Waals surface area contributed by atoms with Gasteiger partial charge in [-0.15, -0.1) is 11.6 Å². The monoisotopic (exact) mass is 273 g/mol. The number of hydrogen-bond acceptors (Lipinski definition) is 2. The molecule has 2 rings (SSSR count). The highest BCUT2D eigenvalue weighted by Gasteiger charge is 2.36. The maximum absolute atomic E-state index is 12.6. The first kappa shape index (κ1) is 14.1. The smallest absolute Gasteiger partial charge is 0.252 e. The van der Waals surface area contributed by atoms with Crippen LogP contribution in [0.3, 0.4) is 0 Å². The van der Waals surface area contributed by atoms with Gasteiger partial charge in [0.2, 0.25) is 0 Å². The number of alkyl halides is 1. The molecule has 18 heavy (non-hydrogen) atoms. The fourth-order valence-electron chi connectivity index (χ4n) is 3.13. The van der Waals surface area contributed by atoms with E-state index in [1.54, 1.807) is 0 Å². The Hall–Kier alpha value is -0.280. The zero-order chi connectivity index (χ0) is 13.0. The van der Waals surface area contributed by atoms with Gasteiger partial charge in [-0.1, -0.05) is 26.2 Å². The van der Waals surface area contributed by atoms with Gasteiger partial charge in [-0.3, -0.25) is 4.79 Å². The molecule has 2 unspecified atom stereocenters. The van der Waals surface area contributed by atoms with Crippen molar-refractivity contribution in [2.75, 3.05) is 19.0 Å². The van der Waals surface area contributed by atoms with Gasteiger partial charge >= 0.3 is 0 Å². The second-order valence-corrected chi connectivity index (χ2v) is 5.95. The van der Waals surface area contributed by atoms with Crippen LogP contribution in [0.1, 0.15) is 45.4 Å². The Balaban J connectivity index is 2.01. The van der Waals surface area contributed by atoms with E-state index in [4.69, 9.17) is 16.3 Å². The molecule has 0 aromatic carbocycles. The summed E-state index contributed by atoms with van der Waals surface area (Å²) in [7, 11) is 0. The number of carbonyl (C=O) groups excluding carboxylic acids is 1. The molecule has 1 amide bonds. The molecule has 1 aliphatic carbocycles. The molecule has 1 saturated carbocycles. The summed E-state index contributed by atoms with van der Waals surface area (Å²) in [5.74, 6) is 1.04. The molecule has 1 aliphatic heterocycles. The van der Waals surface area contributed by atoms with Crippen molar-refractivity contribution in [3.8, 4) is 0 Å². The normalized spacial score (nSPS) is 29.4. The highest BCUT2D eigenvalue weighted by atomic mass is 35.5. The SMILES string of the molecule is CC1CCOC1C(=O)N(CCCl)C1CCCCC1. The first-order valence-electron chi connectivity index (χ1n) is 7.22. The number of rotatable bonds is 4. The predicted octanol–water partition coefficient (Wildman–Crippen LogP) is 2.81. The minimum Gasteiger partial charge on any atom is -0.368 e. The lowest BCUT2D eigenvalue weighted by Crippen LogP contribution is -2.48. The van der Waals surface area contributed by atoms with Crippen molar-refractivity contribution in [2.24, 2.45) is 5.92 Å². The van der Waals surface area contributed by atoms with Crippen LogP contribution in [0.25, 0.3) is 0 Å². The molecular formula is C14H24ClNO2. The Morgan fingerprint density at radius 1 is 1.28 bits per heavy atom. The number of carbonyl (C=O) groups is 1. The van der Waals surface area contributed by atoms with Gasteiger partial charge in [0.1, 0.15) is 6.10 Å². The third-order valence-corrected chi connectivity index (χ3v) is 4.42. The number of halogens is 1. The van der Waals surface area contributed by atoms with Crippen molar-refractivity contribution in [1.82, 2.24) is 4.90 Å². The van der Waals surface area contributed by atoms with Crippen molar-refractivity contribution in [3.05, 3.63) is 0 Å². The van der Waals surface area contributed by atoms with Crippen molar-refractivity contribution in [3.63, 3.8) is 0 Å². The molecule has 0 aromatic rings. The molecule has 2 atom stereocenters. The van der Waals surface area contributed by atoms with Crippen LogP contribution in [0.5, 0.6) is 0 Å². The first-order chi connectivity index (χ1) is 8.74. The fourth-order valence-corrected chi connectivity index (χ4v) is 3.31. The predicted molar refractivity (Wildman–Crippen MR) is 72.8 cm³/mol. The number of amides is 1. The summed E-state index contributed by atoms with van der Waals surface area (Å²) >= 11 is 5.87. The van der Waals surface area contributed by atoms with Crippen LogP contribution in [0, 0.1) is 5.92 Å². The van der Waals surface area contributed by atoms with Crippen molar-refractivity contribution >= 4 is 17.5 Å². The van der Waals surface area contributed by atoms with E-state index in [0.717, 1.165) is 25.9 Å². The van der Waals surface area contributed by atoms with Crippen LogP contribution in [0.2, 0.25) is 0 Å². The van der Waals surface area contributed by atoms with Crippen molar-refractivity contribution in [1.29, 1.82) is 0 Å². The van der Waals surface area contributed by atoms with Gasteiger partial charge in [-0.05, 0) is 25.2 Å². The second kappa shape index (κ2) is 6.76. The number of nitrogens with zero attached hydrogens (tertiary/aromatic N) is 1. The van der Waals surface area contributed by atoms with Crippen molar-refractivity contribution < 1.29 is 9.53 Å². The van der Waals surface area contributed by atoms with Crippen molar-refractivity contribution in [2.45, 2.75) is 57.6 Å². The van der Waals surface area contributed by atoms with Crippen LogP contribution >= 0.6 is 11.6 Å². The van der Waals surface area contributed by atoms with E-state index < -0.39 is 0 Å². The van der Waals surface area contributed by atoms with E-state index in [9.17, 15) is 4.79 Å². The lowest BCUT2D eigenvalue weighted by atomic mass is 9.93. The van der Waals surface area contributed by atoms with Gasteiger partial charge in [0.05, 0.1) is 0 Å². The van der Waals surface area contributed by atoms with Crippen LogP contribution in [-0.2, 0) is 9.53 Å². The molecule has 0 spiro atoms. The van der Waals surface area contributed by atoms with E-state index >= 15 is 0 Å². The first-order valence-corrected chi connectivity index (χ1v) is 7.75. The standard InChI is InChI=1S/C14H24ClNO2/c1-11-7-10-18-13(11)14(17)16(9-8-15)12-5-3-2-4-6-12/h11-13H,2-10H2,1H3. The topological polar surface area (TPSA) is 29.5 Å². The molecule has 2 aliphatic rings. The third kappa shape index (κ3) is 3.18. The molecule has 0 radical (unpaired) electrons. The molecule has 0 aromatic heterocycles. The summed E-state index contributed by atoms with van der Waals surface area (Å²) in [5, 5.41) is 0. The third-order valence-electron chi connectivity index (χ3n) is 4.25. The molecule has 1 saturated heterocycles. The van der Waals surface area contributed by atoms with E-state index in [-0.39, 0.29) is 12.0 Å². The Morgan fingerprint density at radius 2 is 2.00 bits per heavy atom. The van der Waals surface area contributed by atoms with Gasteiger partial charge in [-0.25, -0.2) is 0 Å². The average Bonchev–Trinajstić information content (AvgIpc) is 2.82. The maximum Gasteiger partial charge on any atom is 0.252 e. The second-order valence-electron chi connectivity index (χ2n) is 5.57. The van der Waals surface area contributed by atoms with Gasteiger partial charge in [-0.2, -0.15) is 0 Å². The molecule has 0 bridgehead atoms. The molecule has 104 valence electrons.